The van der Waals surface area contributed by atoms with Crippen molar-refractivity contribution in [2.45, 2.75) is 58.5 Å². The van der Waals surface area contributed by atoms with Gasteiger partial charge in [-0.2, -0.15) is 0 Å². The van der Waals surface area contributed by atoms with E-state index in [2.05, 4.69) is 22.5 Å². The topological polar surface area (TPSA) is 70.7 Å². The zero-order valence-electron chi connectivity index (χ0n) is 17.4. The fraction of sp³-hybridized carbons (Fsp3) is 0.636. The summed E-state index contributed by atoms with van der Waals surface area (Å²) in [6, 6.07) is 9.26. The van der Waals surface area contributed by atoms with Crippen LogP contribution in [0.1, 0.15) is 46.5 Å². The summed E-state index contributed by atoms with van der Waals surface area (Å²) >= 11 is 0. The third-order valence-electron chi connectivity index (χ3n) is 5.24. The number of rotatable bonds is 10. The highest BCUT2D eigenvalue weighted by Gasteiger charge is 2.24. The largest absolute Gasteiger partial charge is 0.484 e. The van der Waals surface area contributed by atoms with Gasteiger partial charge in [-0.3, -0.25) is 9.59 Å². The van der Waals surface area contributed by atoms with E-state index in [-0.39, 0.29) is 24.3 Å². The Bertz CT molecular complexity index is 606. The SMILES string of the molecule is CC(C)[C@H](NC(=O)COc1ccccc1)C(=O)NCCCN1CCCC[C@H]1C. The Morgan fingerprint density at radius 3 is 2.64 bits per heavy atom. The predicted octanol–water partition coefficient (Wildman–Crippen LogP) is 2.59. The quantitative estimate of drug-likeness (QED) is 0.604. The number of amides is 2. The summed E-state index contributed by atoms with van der Waals surface area (Å²) in [6.07, 6.45) is 4.77. The van der Waals surface area contributed by atoms with Gasteiger partial charge in [0, 0.05) is 19.1 Å². The summed E-state index contributed by atoms with van der Waals surface area (Å²) in [7, 11) is 0. The van der Waals surface area contributed by atoms with Crippen LogP contribution in [0.25, 0.3) is 0 Å². The van der Waals surface area contributed by atoms with Crippen LogP contribution in [0.2, 0.25) is 0 Å². The number of piperidine rings is 1. The van der Waals surface area contributed by atoms with E-state index in [1.807, 2.05) is 32.0 Å². The molecule has 1 aromatic rings. The molecular weight excluding hydrogens is 354 g/mol. The van der Waals surface area contributed by atoms with Gasteiger partial charge in [0.2, 0.25) is 5.91 Å². The maximum absolute atomic E-state index is 12.5. The van der Waals surface area contributed by atoms with Gasteiger partial charge in [-0.05, 0) is 50.8 Å². The average Bonchev–Trinajstić information content (AvgIpc) is 2.69. The van der Waals surface area contributed by atoms with Crippen LogP contribution < -0.4 is 15.4 Å². The summed E-state index contributed by atoms with van der Waals surface area (Å²) < 4.78 is 5.45. The van der Waals surface area contributed by atoms with Gasteiger partial charge in [-0.25, -0.2) is 0 Å². The van der Waals surface area contributed by atoms with Crippen LogP contribution >= 0.6 is 0 Å². The molecule has 2 rings (SSSR count). The van der Waals surface area contributed by atoms with Gasteiger partial charge in [-0.15, -0.1) is 0 Å². The summed E-state index contributed by atoms with van der Waals surface area (Å²) in [4.78, 5) is 27.2. The van der Waals surface area contributed by atoms with Crippen molar-refractivity contribution in [1.82, 2.24) is 15.5 Å². The second kappa shape index (κ2) is 11.7. The standard InChI is InChI=1S/C22H35N3O3/c1-17(2)21(24-20(26)16-28-19-11-5-4-6-12-19)22(27)23-13-9-15-25-14-8-7-10-18(25)3/h4-6,11-12,17-18,21H,7-10,13-16H2,1-3H3,(H,23,27)(H,24,26)/t18-,21+/m1/s1. The van der Waals surface area contributed by atoms with Gasteiger partial charge in [0.05, 0.1) is 0 Å². The number of para-hydroxylation sites is 1. The summed E-state index contributed by atoms with van der Waals surface area (Å²) in [5.74, 6) is 0.215. The Balaban J connectivity index is 1.70. The molecule has 0 radical (unpaired) electrons. The molecule has 1 aliphatic heterocycles. The Kier molecular flexibility index (Phi) is 9.28. The van der Waals surface area contributed by atoms with Gasteiger partial charge >= 0.3 is 0 Å². The number of hydrogen-bond acceptors (Lipinski definition) is 4. The molecule has 2 amide bonds. The number of nitrogens with one attached hydrogen (secondary N) is 2. The molecule has 156 valence electrons. The third-order valence-corrected chi connectivity index (χ3v) is 5.24. The van der Waals surface area contributed by atoms with Crippen LogP contribution in [-0.2, 0) is 9.59 Å². The highest BCUT2D eigenvalue weighted by molar-refractivity contribution is 5.88. The molecular formula is C22H35N3O3. The smallest absolute Gasteiger partial charge is 0.258 e. The number of carbonyl (C=O) groups excluding carboxylic acids is 2. The first-order chi connectivity index (χ1) is 13.5. The third kappa shape index (κ3) is 7.50. The molecule has 2 atom stereocenters. The number of hydrogen-bond donors (Lipinski definition) is 2. The van der Waals surface area contributed by atoms with Crippen molar-refractivity contribution < 1.29 is 14.3 Å². The van der Waals surface area contributed by atoms with E-state index in [1.54, 1.807) is 12.1 Å². The zero-order valence-corrected chi connectivity index (χ0v) is 17.4. The molecule has 1 aliphatic rings. The first-order valence-electron chi connectivity index (χ1n) is 10.5. The second-order valence-electron chi connectivity index (χ2n) is 7.92. The lowest BCUT2D eigenvalue weighted by atomic mass is 10.0. The molecule has 2 N–H and O–H groups in total. The lowest BCUT2D eigenvalue weighted by Crippen LogP contribution is -2.51. The molecule has 1 saturated heterocycles. The maximum atomic E-state index is 12.5. The molecule has 0 unspecified atom stereocenters. The van der Waals surface area contributed by atoms with Crippen LogP contribution in [0.3, 0.4) is 0 Å². The molecule has 28 heavy (non-hydrogen) atoms. The monoisotopic (exact) mass is 389 g/mol. The number of benzene rings is 1. The van der Waals surface area contributed by atoms with Crippen molar-refractivity contribution >= 4 is 11.8 Å². The molecule has 0 spiro atoms. The minimum Gasteiger partial charge on any atom is -0.484 e. The Labute approximate surface area is 169 Å². The summed E-state index contributed by atoms with van der Waals surface area (Å²) in [5.41, 5.74) is 0. The first-order valence-corrected chi connectivity index (χ1v) is 10.5. The fourth-order valence-corrected chi connectivity index (χ4v) is 3.51. The molecule has 6 heteroatoms. The minimum absolute atomic E-state index is 0.00259. The van der Waals surface area contributed by atoms with Crippen LogP contribution in [0.4, 0.5) is 0 Å². The van der Waals surface area contributed by atoms with E-state index in [0.717, 1.165) is 19.5 Å². The van der Waals surface area contributed by atoms with Crippen LogP contribution in [0.5, 0.6) is 5.75 Å². The van der Waals surface area contributed by atoms with Crippen molar-refractivity contribution in [3.8, 4) is 5.75 Å². The van der Waals surface area contributed by atoms with Crippen molar-refractivity contribution in [2.24, 2.45) is 5.92 Å². The van der Waals surface area contributed by atoms with E-state index >= 15 is 0 Å². The number of carbonyl (C=O) groups is 2. The van der Waals surface area contributed by atoms with Gasteiger partial charge in [0.1, 0.15) is 11.8 Å². The lowest BCUT2D eigenvalue weighted by Gasteiger charge is -2.33. The summed E-state index contributed by atoms with van der Waals surface area (Å²) in [5, 5.41) is 5.77. The molecule has 1 heterocycles. The van der Waals surface area contributed by atoms with Crippen molar-refractivity contribution in [1.29, 1.82) is 0 Å². The van der Waals surface area contributed by atoms with Gasteiger partial charge < -0.3 is 20.3 Å². The van der Waals surface area contributed by atoms with Gasteiger partial charge in [0.25, 0.3) is 5.91 Å². The van der Waals surface area contributed by atoms with E-state index in [0.29, 0.717) is 18.3 Å². The van der Waals surface area contributed by atoms with Gasteiger partial charge in [0.15, 0.2) is 6.61 Å². The molecule has 0 saturated carbocycles. The van der Waals surface area contributed by atoms with Crippen molar-refractivity contribution in [3.63, 3.8) is 0 Å². The molecule has 1 aromatic carbocycles. The maximum Gasteiger partial charge on any atom is 0.258 e. The Hall–Kier alpha value is -2.08. The van der Waals surface area contributed by atoms with Crippen molar-refractivity contribution in [3.05, 3.63) is 30.3 Å². The van der Waals surface area contributed by atoms with Crippen LogP contribution in [-0.4, -0.2) is 55.0 Å². The van der Waals surface area contributed by atoms with E-state index in [1.165, 1.54) is 19.3 Å². The molecule has 0 bridgehead atoms. The van der Waals surface area contributed by atoms with Crippen LogP contribution in [0.15, 0.2) is 30.3 Å². The lowest BCUT2D eigenvalue weighted by molar-refractivity contribution is -0.131. The van der Waals surface area contributed by atoms with E-state index < -0.39 is 6.04 Å². The van der Waals surface area contributed by atoms with E-state index in [9.17, 15) is 9.59 Å². The normalized spacial score (nSPS) is 18.5. The predicted molar refractivity (Wildman–Crippen MR) is 111 cm³/mol. The number of nitrogens with zero attached hydrogens (tertiary/aromatic N) is 1. The Morgan fingerprint density at radius 1 is 1.21 bits per heavy atom. The highest BCUT2D eigenvalue weighted by atomic mass is 16.5. The van der Waals surface area contributed by atoms with Crippen molar-refractivity contribution in [2.75, 3.05) is 26.2 Å². The first kappa shape index (κ1) is 22.2. The highest BCUT2D eigenvalue weighted by Crippen LogP contribution is 2.16. The van der Waals surface area contributed by atoms with Gasteiger partial charge in [-0.1, -0.05) is 38.5 Å². The molecule has 1 fully saturated rings. The fourth-order valence-electron chi connectivity index (χ4n) is 3.51. The minimum atomic E-state index is -0.555. The van der Waals surface area contributed by atoms with E-state index in [4.69, 9.17) is 4.74 Å². The molecule has 0 aromatic heterocycles. The number of likely N-dealkylation sites (tertiary alicyclic amines) is 1. The molecule has 6 nitrogen and oxygen atoms in total. The number of ether oxygens (including phenoxy) is 1. The summed E-state index contributed by atoms with van der Waals surface area (Å²) in [6.45, 7) is 8.82. The Morgan fingerprint density at radius 2 is 1.96 bits per heavy atom. The zero-order chi connectivity index (χ0) is 20.4. The second-order valence-corrected chi connectivity index (χ2v) is 7.92. The van der Waals surface area contributed by atoms with Crippen LogP contribution in [0, 0.1) is 5.92 Å². The molecule has 0 aliphatic carbocycles. The average molecular weight is 390 g/mol.